The highest BCUT2D eigenvalue weighted by molar-refractivity contribution is 5.87. The van der Waals surface area contributed by atoms with E-state index in [0.717, 1.165) is 31.5 Å². The lowest BCUT2D eigenvalue weighted by molar-refractivity contribution is -0.161. The zero-order valence-electron chi connectivity index (χ0n) is 19.7. The highest BCUT2D eigenvalue weighted by Crippen LogP contribution is 2.39. The van der Waals surface area contributed by atoms with Crippen molar-refractivity contribution in [3.8, 4) is 17.2 Å². The molecule has 1 saturated carbocycles. The van der Waals surface area contributed by atoms with E-state index < -0.39 is 0 Å². The average Bonchev–Trinajstić information content (AvgIpc) is 2.71. The van der Waals surface area contributed by atoms with E-state index in [1.165, 1.54) is 6.08 Å². The van der Waals surface area contributed by atoms with E-state index in [2.05, 4.69) is 30.9 Å². The Bertz CT molecular complexity index is 765. The molecule has 1 heterocycles. The monoisotopic (exact) mass is 490 g/mol. The number of likely N-dealkylation sites (tertiary alicyclic amines) is 1. The fraction of sp³-hybridized carbons (Fsp3) is 0.609. The van der Waals surface area contributed by atoms with Crippen LogP contribution in [0.5, 0.6) is 17.2 Å². The van der Waals surface area contributed by atoms with Gasteiger partial charge in [0, 0.05) is 37.0 Å². The number of methoxy groups -OCH3 is 3. The molecular formula is C23H36Cl2N2O5. The molecule has 0 radical (unpaired) electrons. The lowest BCUT2D eigenvalue weighted by Gasteiger charge is -2.50. The molecular weight excluding hydrogens is 455 g/mol. The van der Waals surface area contributed by atoms with Crippen molar-refractivity contribution in [1.29, 1.82) is 0 Å². The Morgan fingerprint density at radius 3 is 2.19 bits per heavy atom. The van der Waals surface area contributed by atoms with Gasteiger partial charge in [-0.05, 0) is 57.8 Å². The van der Waals surface area contributed by atoms with Crippen LogP contribution in [0.1, 0.15) is 18.4 Å². The Hall–Kier alpha value is -1.67. The summed E-state index contributed by atoms with van der Waals surface area (Å²) in [6, 6.07) is 4.04. The second-order valence-corrected chi connectivity index (χ2v) is 8.45. The summed E-state index contributed by atoms with van der Waals surface area (Å²) in [5.74, 6) is 2.02. The summed E-state index contributed by atoms with van der Waals surface area (Å²) in [5, 5.41) is 0. The molecule has 0 aromatic heterocycles. The summed E-state index contributed by atoms with van der Waals surface area (Å²) in [7, 11) is 11.1. The van der Waals surface area contributed by atoms with Gasteiger partial charge in [0.25, 0.3) is 0 Å². The molecule has 2 aliphatic rings. The van der Waals surface area contributed by atoms with Crippen LogP contribution in [0.2, 0.25) is 0 Å². The number of fused-ring (bicyclic) bond motifs is 2. The van der Waals surface area contributed by atoms with Gasteiger partial charge in [0.15, 0.2) is 11.5 Å². The average molecular weight is 491 g/mol. The van der Waals surface area contributed by atoms with Gasteiger partial charge in [0.1, 0.15) is 6.10 Å². The molecule has 2 unspecified atom stereocenters. The fourth-order valence-electron chi connectivity index (χ4n) is 4.95. The molecule has 0 amide bonds. The van der Waals surface area contributed by atoms with E-state index in [0.29, 0.717) is 35.1 Å². The first-order valence-electron chi connectivity index (χ1n) is 10.4. The van der Waals surface area contributed by atoms with Gasteiger partial charge in [0.05, 0.1) is 21.3 Å². The number of carbonyl (C=O) groups excluding carboxylic acids is 1. The highest BCUT2D eigenvalue weighted by Gasteiger charge is 2.46. The second-order valence-electron chi connectivity index (χ2n) is 8.45. The number of ether oxygens (including phenoxy) is 4. The third kappa shape index (κ3) is 6.22. The number of benzene rings is 1. The summed E-state index contributed by atoms with van der Waals surface area (Å²) < 4.78 is 22.1. The van der Waals surface area contributed by atoms with Gasteiger partial charge in [-0.15, -0.1) is 24.8 Å². The molecule has 9 heteroatoms. The molecule has 2 bridgehead atoms. The van der Waals surface area contributed by atoms with Crippen LogP contribution in [0.4, 0.5) is 0 Å². The van der Waals surface area contributed by atoms with Gasteiger partial charge < -0.3 is 28.7 Å². The lowest BCUT2D eigenvalue weighted by atomic mass is 9.72. The Labute approximate surface area is 203 Å². The SMILES string of the molecule is COc1cc(C=CC(=O)O[C@@H]2C3CC[C@@H](N(C)C)C2CN(C)C3)cc(OC)c1OC.Cl.Cl. The molecule has 1 aliphatic carbocycles. The number of carbonyl (C=O) groups is 1. The highest BCUT2D eigenvalue weighted by atomic mass is 35.5. The van der Waals surface area contributed by atoms with Crippen molar-refractivity contribution in [1.82, 2.24) is 9.80 Å². The summed E-state index contributed by atoms with van der Waals surface area (Å²) in [6.07, 6.45) is 5.41. The number of hydrogen-bond donors (Lipinski definition) is 0. The minimum absolute atomic E-state index is 0. The number of halogens is 2. The topological polar surface area (TPSA) is 60.5 Å². The minimum atomic E-state index is -0.312. The quantitative estimate of drug-likeness (QED) is 0.428. The van der Waals surface area contributed by atoms with Gasteiger partial charge in [0.2, 0.25) is 5.75 Å². The van der Waals surface area contributed by atoms with E-state index >= 15 is 0 Å². The molecule has 4 atom stereocenters. The second kappa shape index (κ2) is 12.5. The van der Waals surface area contributed by atoms with Crippen molar-refractivity contribution in [2.75, 3.05) is 55.6 Å². The molecule has 0 N–H and O–H groups in total. The van der Waals surface area contributed by atoms with Crippen LogP contribution in [-0.2, 0) is 9.53 Å². The summed E-state index contributed by atoms with van der Waals surface area (Å²) >= 11 is 0. The lowest BCUT2D eigenvalue weighted by Crippen LogP contribution is -2.59. The Morgan fingerprint density at radius 1 is 1.03 bits per heavy atom. The molecule has 2 fully saturated rings. The molecule has 1 aromatic carbocycles. The molecule has 1 saturated heterocycles. The molecule has 0 spiro atoms. The maximum atomic E-state index is 12.7. The Morgan fingerprint density at radius 2 is 1.66 bits per heavy atom. The fourth-order valence-corrected chi connectivity index (χ4v) is 4.95. The zero-order chi connectivity index (χ0) is 21.8. The van der Waals surface area contributed by atoms with Gasteiger partial charge in [-0.2, -0.15) is 0 Å². The van der Waals surface area contributed by atoms with Crippen LogP contribution in [-0.4, -0.2) is 83.5 Å². The summed E-state index contributed by atoms with van der Waals surface area (Å²) in [4.78, 5) is 17.3. The summed E-state index contributed by atoms with van der Waals surface area (Å²) in [6.45, 7) is 1.93. The van der Waals surface area contributed by atoms with Crippen molar-refractivity contribution in [3.63, 3.8) is 0 Å². The Balaban J connectivity index is 0.00000256. The van der Waals surface area contributed by atoms with E-state index in [-0.39, 0.29) is 36.9 Å². The maximum Gasteiger partial charge on any atom is 0.331 e. The smallest absolute Gasteiger partial charge is 0.331 e. The molecule has 3 rings (SSSR count). The third-order valence-corrected chi connectivity index (χ3v) is 6.30. The Kier molecular flexibility index (Phi) is 11.1. The molecule has 1 aliphatic heterocycles. The first-order chi connectivity index (χ1) is 14.4. The van der Waals surface area contributed by atoms with E-state index in [1.807, 2.05) is 0 Å². The van der Waals surface area contributed by atoms with Crippen molar-refractivity contribution >= 4 is 36.9 Å². The van der Waals surface area contributed by atoms with Crippen LogP contribution in [0.15, 0.2) is 18.2 Å². The van der Waals surface area contributed by atoms with Crippen molar-refractivity contribution in [2.24, 2.45) is 11.8 Å². The predicted octanol–water partition coefficient (Wildman–Crippen LogP) is 3.38. The first kappa shape index (κ1) is 28.4. The number of esters is 1. The van der Waals surface area contributed by atoms with Crippen LogP contribution >= 0.6 is 24.8 Å². The van der Waals surface area contributed by atoms with Crippen LogP contribution < -0.4 is 14.2 Å². The largest absolute Gasteiger partial charge is 0.493 e. The standard InChI is InChI=1S/C23H34N2O5.2ClH/c1-24(2)18-9-8-16-13-25(3)14-17(18)22(16)30-21(26)10-7-15-11-19(27-4)23(29-6)20(12-15)28-5;;/h7,10-12,16-18,22H,8-9,13-14H2,1-6H3;2*1H/t16?,17?,18-,22-;;/m1../s1. The van der Waals surface area contributed by atoms with Crippen LogP contribution in [0.25, 0.3) is 6.08 Å². The third-order valence-electron chi connectivity index (χ3n) is 6.30. The van der Waals surface area contributed by atoms with Crippen LogP contribution in [0.3, 0.4) is 0 Å². The van der Waals surface area contributed by atoms with Crippen molar-refractivity contribution in [2.45, 2.75) is 25.0 Å². The van der Waals surface area contributed by atoms with E-state index in [9.17, 15) is 4.79 Å². The van der Waals surface area contributed by atoms with Gasteiger partial charge in [-0.1, -0.05) is 0 Å². The van der Waals surface area contributed by atoms with Gasteiger partial charge in [-0.3, -0.25) is 0 Å². The normalized spacial score (nSPS) is 25.0. The number of hydrogen-bond acceptors (Lipinski definition) is 7. The maximum absolute atomic E-state index is 12.7. The minimum Gasteiger partial charge on any atom is -0.493 e. The molecule has 7 nitrogen and oxygen atoms in total. The van der Waals surface area contributed by atoms with Crippen LogP contribution in [0, 0.1) is 11.8 Å². The van der Waals surface area contributed by atoms with E-state index in [1.54, 1.807) is 39.5 Å². The zero-order valence-corrected chi connectivity index (χ0v) is 21.3. The van der Waals surface area contributed by atoms with Gasteiger partial charge >= 0.3 is 5.97 Å². The number of rotatable bonds is 7. The van der Waals surface area contributed by atoms with Crippen molar-refractivity contribution in [3.05, 3.63) is 23.8 Å². The van der Waals surface area contributed by atoms with Crippen molar-refractivity contribution < 1.29 is 23.7 Å². The molecule has 32 heavy (non-hydrogen) atoms. The molecule has 1 aromatic rings. The van der Waals surface area contributed by atoms with E-state index in [4.69, 9.17) is 18.9 Å². The van der Waals surface area contributed by atoms with Gasteiger partial charge in [-0.25, -0.2) is 4.79 Å². The first-order valence-corrected chi connectivity index (χ1v) is 10.4. The number of piperidine rings is 1. The summed E-state index contributed by atoms with van der Waals surface area (Å²) in [5.41, 5.74) is 0.774. The molecule has 182 valence electrons. The predicted molar refractivity (Wildman–Crippen MR) is 131 cm³/mol. The number of nitrogens with zero attached hydrogens (tertiary/aromatic N) is 2.